The molecule has 0 aromatic heterocycles. The Balaban J connectivity index is 0. The molecule has 0 unspecified atom stereocenters. The Morgan fingerprint density at radius 3 is 2.62 bits per heavy atom. The molecule has 0 aliphatic heterocycles. The first-order valence-electron chi connectivity index (χ1n) is 4.08. The minimum Gasteiger partial charge on any atom is -1.00 e. The topological polar surface area (TPSA) is 9.23 Å². The number of rotatable bonds is 4. The predicted molar refractivity (Wildman–Crippen MR) is 41.6 cm³/mol. The van der Waals surface area contributed by atoms with Crippen molar-refractivity contribution in [2.45, 2.75) is 26.2 Å². The van der Waals surface area contributed by atoms with Gasteiger partial charge in [-0.3, -0.25) is 0 Å². The monoisotopic (exact) mass is 255 g/mol. The van der Waals surface area contributed by atoms with E-state index in [0.717, 1.165) is 25.2 Å². The van der Waals surface area contributed by atoms with E-state index in [1.807, 2.05) is 0 Å². The van der Waals surface area contributed by atoms with Crippen molar-refractivity contribution in [1.29, 1.82) is 0 Å². The fourth-order valence-electron chi connectivity index (χ4n) is 0.947. The Labute approximate surface area is 104 Å². The van der Waals surface area contributed by atoms with E-state index in [0.29, 0.717) is 0 Å². The summed E-state index contributed by atoms with van der Waals surface area (Å²) in [5.41, 5.74) is 0. The van der Waals surface area contributed by atoms with Crippen LogP contribution in [0.3, 0.4) is 0 Å². The maximum absolute atomic E-state index is 5.55. The first kappa shape index (κ1) is 16.0. The quantitative estimate of drug-likeness (QED) is 0.375. The molecule has 0 bridgehead atoms. The molecule has 0 saturated carbocycles. The van der Waals surface area contributed by atoms with Gasteiger partial charge in [0, 0.05) is 0 Å². The van der Waals surface area contributed by atoms with E-state index < -0.39 is 0 Å². The van der Waals surface area contributed by atoms with Gasteiger partial charge < -0.3 is 24.8 Å². The van der Waals surface area contributed by atoms with E-state index in [2.05, 4.69) is 39.5 Å². The summed E-state index contributed by atoms with van der Waals surface area (Å²) >= 11 is 2.13. The third-order valence-corrected chi connectivity index (χ3v) is 2.35. The van der Waals surface area contributed by atoms with Gasteiger partial charge in [0.2, 0.25) is 0 Å². The fraction of sp³-hybridized carbons (Fsp3) is 0.556. The van der Waals surface area contributed by atoms with Crippen molar-refractivity contribution < 1.29 is 50.0 Å². The van der Waals surface area contributed by atoms with Gasteiger partial charge in [-0.05, 0) is 0 Å². The third-order valence-electron chi connectivity index (χ3n) is 1.64. The molecule has 1 rings (SSSR count). The van der Waals surface area contributed by atoms with Gasteiger partial charge in [0.05, 0.1) is 0 Å². The van der Waals surface area contributed by atoms with Gasteiger partial charge in [-0.1, -0.05) is 0 Å². The minimum absolute atomic E-state index is 0. The average molecular weight is 256 g/mol. The largest absolute Gasteiger partial charge is 1.00 e. The summed E-state index contributed by atoms with van der Waals surface area (Å²) in [4.78, 5) is 0. The van der Waals surface area contributed by atoms with Crippen LogP contribution in [0.15, 0.2) is 21.8 Å². The fourth-order valence-corrected chi connectivity index (χ4v) is 1.37. The summed E-state index contributed by atoms with van der Waals surface area (Å²) in [6, 6.07) is 0. The van der Waals surface area contributed by atoms with Gasteiger partial charge in [0.15, 0.2) is 0 Å². The molecule has 0 saturated heterocycles. The van der Waals surface area contributed by atoms with Gasteiger partial charge in [0.25, 0.3) is 0 Å². The molecule has 0 aromatic rings. The summed E-state index contributed by atoms with van der Waals surface area (Å²) in [5, 5.41) is 0. The third kappa shape index (κ3) is 5.80. The van der Waals surface area contributed by atoms with Crippen molar-refractivity contribution >= 4 is 0 Å². The first-order valence-corrected chi connectivity index (χ1v) is 4.86. The molecule has 0 aromatic carbocycles. The Kier molecular flexibility index (Phi) is 11.3. The summed E-state index contributed by atoms with van der Waals surface area (Å²) in [6.07, 6.45) is 7.66. The number of allylic oxidation sites excluding steroid dienone is 3. The molecule has 0 spiro atoms. The van der Waals surface area contributed by atoms with Crippen molar-refractivity contribution in [3.63, 3.8) is 0 Å². The zero-order valence-corrected chi connectivity index (χ0v) is 10.7. The number of ether oxygens (including phenoxy) is 1. The van der Waals surface area contributed by atoms with Crippen molar-refractivity contribution in [2.24, 2.45) is 0 Å². The van der Waals surface area contributed by atoms with Crippen LogP contribution in [0, 0.1) is 0 Å². The maximum atomic E-state index is 5.55. The van der Waals surface area contributed by atoms with Crippen LogP contribution in [0.1, 0.15) is 26.2 Å². The standard InChI is InChI=1S/C9H13O.2ClH.Ti/c1-2-3-8-10-9-6-4-5-7-9;;;/h4,6H,2-3,5,8H2,1H3;2*1H;/q;;;+2/p-2. The van der Waals surface area contributed by atoms with Crippen LogP contribution in [-0.2, 0) is 25.2 Å². The number of hydrogen-bond donors (Lipinski definition) is 0. The van der Waals surface area contributed by atoms with Gasteiger partial charge in [-0.25, -0.2) is 0 Å². The van der Waals surface area contributed by atoms with Crippen LogP contribution in [0.4, 0.5) is 0 Å². The summed E-state index contributed by atoms with van der Waals surface area (Å²) in [5.74, 6) is 1.10. The van der Waals surface area contributed by atoms with Crippen LogP contribution in [0.25, 0.3) is 0 Å². The van der Waals surface area contributed by atoms with Crippen LogP contribution < -0.4 is 24.8 Å². The van der Waals surface area contributed by atoms with E-state index >= 15 is 0 Å². The molecule has 4 heteroatoms. The van der Waals surface area contributed by atoms with Gasteiger partial charge in [-0.15, -0.1) is 0 Å². The Bertz CT molecular complexity index is 190. The molecule has 0 heterocycles. The van der Waals surface area contributed by atoms with Crippen molar-refractivity contribution in [1.82, 2.24) is 0 Å². The van der Waals surface area contributed by atoms with Crippen molar-refractivity contribution in [3.05, 3.63) is 21.8 Å². The second-order valence-corrected chi connectivity index (χ2v) is 3.59. The predicted octanol–water partition coefficient (Wildman–Crippen LogP) is -3.47. The van der Waals surface area contributed by atoms with Crippen LogP contribution in [-0.4, -0.2) is 6.61 Å². The molecule has 0 fully saturated rings. The van der Waals surface area contributed by atoms with E-state index in [1.54, 1.807) is 0 Å². The van der Waals surface area contributed by atoms with Gasteiger partial charge in [0.1, 0.15) is 0 Å². The van der Waals surface area contributed by atoms with Crippen LogP contribution >= 0.6 is 0 Å². The normalized spacial score (nSPS) is 13.8. The second kappa shape index (κ2) is 9.14. The molecule has 0 N–H and O–H groups in total. The zero-order valence-electron chi connectivity index (χ0n) is 7.65. The molecule has 1 nitrogen and oxygen atoms in total. The summed E-state index contributed by atoms with van der Waals surface area (Å²) in [6.45, 7) is 3.04. The molecule has 13 heavy (non-hydrogen) atoms. The molecule has 1 aliphatic carbocycles. The van der Waals surface area contributed by atoms with Crippen molar-refractivity contribution in [3.8, 4) is 0 Å². The molecule has 1 aliphatic rings. The minimum atomic E-state index is 0. The van der Waals surface area contributed by atoms with E-state index in [1.165, 1.54) is 10.3 Å². The van der Waals surface area contributed by atoms with E-state index in [9.17, 15) is 0 Å². The summed E-state index contributed by atoms with van der Waals surface area (Å²) < 4.78 is 6.91. The van der Waals surface area contributed by atoms with E-state index in [4.69, 9.17) is 4.74 Å². The zero-order chi connectivity index (χ0) is 8.10. The number of halogens is 2. The second-order valence-electron chi connectivity index (χ2n) is 2.65. The molecular weight excluding hydrogens is 243 g/mol. The Morgan fingerprint density at radius 1 is 1.46 bits per heavy atom. The SMILES string of the molecule is CCCCOC1=[C]([Ti+2])CC=C1.[Cl-].[Cl-]. The molecule has 73 valence electrons. The average Bonchev–Trinajstić information content (AvgIpc) is 2.37. The maximum Gasteiger partial charge on any atom is -1.00 e. The van der Waals surface area contributed by atoms with Gasteiger partial charge >= 0.3 is 79.8 Å². The van der Waals surface area contributed by atoms with Crippen molar-refractivity contribution in [2.75, 3.05) is 6.61 Å². The van der Waals surface area contributed by atoms with E-state index in [-0.39, 0.29) is 24.8 Å². The van der Waals surface area contributed by atoms with Crippen LogP contribution in [0.5, 0.6) is 0 Å². The molecular formula is C9H13Cl2OTi. The molecule has 0 atom stereocenters. The first-order chi connectivity index (χ1) is 5.34. The smallest absolute Gasteiger partial charge is 1.00 e. The number of hydrogen-bond acceptors (Lipinski definition) is 1. The number of unbranched alkanes of at least 4 members (excludes halogenated alkanes) is 1. The van der Waals surface area contributed by atoms with Gasteiger partial charge in [-0.2, -0.15) is 0 Å². The Morgan fingerprint density at radius 2 is 2.15 bits per heavy atom. The molecule has 0 amide bonds. The Hall–Kier alpha value is 0.574. The van der Waals surface area contributed by atoms with Crippen LogP contribution in [0.2, 0.25) is 0 Å². The summed E-state index contributed by atoms with van der Waals surface area (Å²) in [7, 11) is 0. The molecule has 0 radical (unpaired) electrons.